The molecule has 0 radical (unpaired) electrons. The Bertz CT molecular complexity index is 406. The van der Waals surface area contributed by atoms with E-state index in [9.17, 15) is 0 Å². The first-order chi connectivity index (χ1) is 7.79. The summed E-state index contributed by atoms with van der Waals surface area (Å²) in [5.41, 5.74) is 8.38. The van der Waals surface area contributed by atoms with Crippen molar-refractivity contribution in [2.45, 2.75) is 6.42 Å². The van der Waals surface area contributed by atoms with Gasteiger partial charge in [-0.25, -0.2) is 10.8 Å². The first-order valence-electron chi connectivity index (χ1n) is 5.00. The van der Waals surface area contributed by atoms with Crippen molar-refractivity contribution in [1.82, 2.24) is 5.43 Å². The second-order valence-electron chi connectivity index (χ2n) is 3.32. The van der Waals surface area contributed by atoms with E-state index in [0.29, 0.717) is 24.7 Å². The molecule has 6 heteroatoms. The molecular formula is C10H14N4O2. The quantitative estimate of drug-likeness (QED) is 0.274. The zero-order chi connectivity index (χ0) is 11.4. The van der Waals surface area contributed by atoms with Crippen molar-refractivity contribution < 1.29 is 9.47 Å². The molecule has 6 nitrogen and oxygen atoms in total. The normalized spacial score (nSPS) is 15.4. The molecule has 1 aromatic rings. The Labute approximate surface area is 93.2 Å². The molecule has 0 atom stereocenters. The first kappa shape index (κ1) is 10.6. The van der Waals surface area contributed by atoms with Gasteiger partial charge >= 0.3 is 0 Å². The number of guanidine groups is 1. The molecule has 0 fully saturated rings. The van der Waals surface area contributed by atoms with Crippen LogP contribution in [-0.2, 0) is 0 Å². The number of hydrogen-bond acceptors (Lipinski definition) is 4. The molecule has 0 bridgehead atoms. The minimum atomic E-state index is 0.148. The molecule has 1 aliphatic rings. The lowest BCUT2D eigenvalue weighted by molar-refractivity contribution is 0.297. The van der Waals surface area contributed by atoms with Crippen molar-refractivity contribution in [2.24, 2.45) is 16.6 Å². The molecule has 1 heterocycles. The average Bonchev–Trinajstić information content (AvgIpc) is 2.53. The van der Waals surface area contributed by atoms with E-state index >= 15 is 0 Å². The van der Waals surface area contributed by atoms with Crippen LogP contribution in [0.3, 0.4) is 0 Å². The summed E-state index contributed by atoms with van der Waals surface area (Å²) in [5.74, 6) is 6.68. The Kier molecular flexibility index (Phi) is 3.11. The summed E-state index contributed by atoms with van der Waals surface area (Å²) in [7, 11) is 0. The fourth-order valence-corrected chi connectivity index (χ4v) is 1.39. The molecule has 0 saturated heterocycles. The monoisotopic (exact) mass is 222 g/mol. The summed E-state index contributed by atoms with van der Waals surface area (Å²) in [5, 5.41) is 0. The van der Waals surface area contributed by atoms with E-state index in [-0.39, 0.29) is 5.96 Å². The topological polar surface area (TPSA) is 94.9 Å². The number of nitrogens with zero attached hydrogens (tertiary/aromatic N) is 1. The van der Waals surface area contributed by atoms with Crippen LogP contribution in [0, 0.1) is 0 Å². The molecule has 0 aromatic heterocycles. The van der Waals surface area contributed by atoms with Crippen molar-refractivity contribution in [3.63, 3.8) is 0 Å². The number of fused-ring (bicyclic) bond motifs is 1. The molecule has 86 valence electrons. The summed E-state index contributed by atoms with van der Waals surface area (Å²) in [6.45, 7) is 1.31. The Hall–Kier alpha value is -1.95. The van der Waals surface area contributed by atoms with Gasteiger partial charge in [0.15, 0.2) is 11.5 Å². The Morgan fingerprint density at radius 2 is 2.00 bits per heavy atom. The molecule has 0 amide bonds. The smallest absolute Gasteiger partial charge is 0.208 e. The lowest BCUT2D eigenvalue weighted by atomic mass is 10.3. The van der Waals surface area contributed by atoms with Gasteiger partial charge in [0.25, 0.3) is 0 Å². The van der Waals surface area contributed by atoms with Crippen molar-refractivity contribution in [3.05, 3.63) is 18.2 Å². The molecule has 0 aliphatic carbocycles. The standard InChI is InChI=1S/C10H14N4O2/c11-10(14-12)13-7-2-3-8-9(6-7)16-5-1-4-15-8/h2-3,6H,1,4-5,12H2,(H3,11,13,14). The van der Waals surface area contributed by atoms with Gasteiger partial charge in [0, 0.05) is 12.5 Å². The number of hydrazine groups is 1. The SMILES string of the molecule is NNC(N)=Nc1ccc2c(c1)OCCCO2. The van der Waals surface area contributed by atoms with Crippen LogP contribution >= 0.6 is 0 Å². The van der Waals surface area contributed by atoms with E-state index in [1.807, 2.05) is 6.07 Å². The highest BCUT2D eigenvalue weighted by Crippen LogP contribution is 2.33. The molecule has 16 heavy (non-hydrogen) atoms. The fourth-order valence-electron chi connectivity index (χ4n) is 1.39. The second kappa shape index (κ2) is 4.71. The molecule has 1 aliphatic heterocycles. The highest BCUT2D eigenvalue weighted by molar-refractivity contribution is 5.80. The van der Waals surface area contributed by atoms with Crippen molar-refractivity contribution in [2.75, 3.05) is 13.2 Å². The number of aliphatic imine (C=N–C) groups is 1. The highest BCUT2D eigenvalue weighted by Gasteiger charge is 2.10. The van der Waals surface area contributed by atoms with Gasteiger partial charge in [-0.2, -0.15) is 0 Å². The number of ether oxygens (including phenoxy) is 2. The van der Waals surface area contributed by atoms with Gasteiger partial charge < -0.3 is 15.2 Å². The van der Waals surface area contributed by atoms with Crippen LogP contribution in [0.4, 0.5) is 5.69 Å². The first-order valence-corrected chi connectivity index (χ1v) is 5.00. The van der Waals surface area contributed by atoms with Crippen LogP contribution in [-0.4, -0.2) is 19.2 Å². The van der Waals surface area contributed by atoms with Crippen LogP contribution in [0.25, 0.3) is 0 Å². The summed E-state index contributed by atoms with van der Waals surface area (Å²) in [6.07, 6.45) is 0.875. The minimum Gasteiger partial charge on any atom is -0.490 e. The van der Waals surface area contributed by atoms with Gasteiger partial charge in [-0.1, -0.05) is 0 Å². The molecule has 5 N–H and O–H groups in total. The largest absolute Gasteiger partial charge is 0.490 e. The Morgan fingerprint density at radius 1 is 1.25 bits per heavy atom. The number of nitrogens with one attached hydrogen (secondary N) is 1. The highest BCUT2D eigenvalue weighted by atomic mass is 16.5. The average molecular weight is 222 g/mol. The third-order valence-corrected chi connectivity index (χ3v) is 2.13. The minimum absolute atomic E-state index is 0.148. The fraction of sp³-hybridized carbons (Fsp3) is 0.300. The number of hydrogen-bond donors (Lipinski definition) is 3. The van der Waals surface area contributed by atoms with Crippen LogP contribution in [0.5, 0.6) is 11.5 Å². The van der Waals surface area contributed by atoms with Crippen LogP contribution in [0.15, 0.2) is 23.2 Å². The van der Waals surface area contributed by atoms with Gasteiger partial charge in [0.1, 0.15) is 0 Å². The molecular weight excluding hydrogens is 208 g/mol. The predicted octanol–water partition coefficient (Wildman–Crippen LogP) is 0.257. The maximum absolute atomic E-state index is 5.52. The summed E-state index contributed by atoms with van der Waals surface area (Å²) in [6, 6.07) is 5.37. The van der Waals surface area contributed by atoms with E-state index in [1.165, 1.54) is 0 Å². The molecule has 1 aromatic carbocycles. The zero-order valence-corrected chi connectivity index (χ0v) is 8.77. The van der Waals surface area contributed by atoms with Gasteiger partial charge in [-0.3, -0.25) is 5.43 Å². The van der Waals surface area contributed by atoms with Crippen molar-refractivity contribution in [3.8, 4) is 11.5 Å². The second-order valence-corrected chi connectivity index (χ2v) is 3.32. The van der Waals surface area contributed by atoms with Crippen LogP contribution in [0.1, 0.15) is 6.42 Å². The van der Waals surface area contributed by atoms with Gasteiger partial charge in [0.05, 0.1) is 18.9 Å². The number of benzene rings is 1. The van der Waals surface area contributed by atoms with Crippen molar-refractivity contribution >= 4 is 11.6 Å². The molecule has 0 spiro atoms. The van der Waals surface area contributed by atoms with Gasteiger partial charge in [0.2, 0.25) is 5.96 Å². The zero-order valence-electron chi connectivity index (χ0n) is 8.77. The van der Waals surface area contributed by atoms with E-state index in [2.05, 4.69) is 10.4 Å². The molecule has 0 saturated carbocycles. The molecule has 0 unspecified atom stereocenters. The third-order valence-electron chi connectivity index (χ3n) is 2.13. The van der Waals surface area contributed by atoms with E-state index in [4.69, 9.17) is 21.1 Å². The lowest BCUT2D eigenvalue weighted by Crippen LogP contribution is -2.36. The molecule has 2 rings (SSSR count). The maximum atomic E-state index is 5.52. The summed E-state index contributed by atoms with van der Waals surface area (Å²) in [4.78, 5) is 4.04. The van der Waals surface area contributed by atoms with Gasteiger partial charge in [-0.15, -0.1) is 0 Å². The lowest BCUT2D eigenvalue weighted by Gasteiger charge is -2.07. The van der Waals surface area contributed by atoms with E-state index in [1.54, 1.807) is 12.1 Å². The summed E-state index contributed by atoms with van der Waals surface area (Å²) >= 11 is 0. The van der Waals surface area contributed by atoms with Crippen LogP contribution in [0.2, 0.25) is 0 Å². The van der Waals surface area contributed by atoms with Gasteiger partial charge in [-0.05, 0) is 12.1 Å². The van der Waals surface area contributed by atoms with E-state index in [0.717, 1.165) is 12.2 Å². The van der Waals surface area contributed by atoms with Crippen molar-refractivity contribution in [1.29, 1.82) is 0 Å². The Balaban J connectivity index is 2.27. The Morgan fingerprint density at radius 3 is 2.75 bits per heavy atom. The third kappa shape index (κ3) is 2.34. The van der Waals surface area contributed by atoms with Crippen LogP contribution < -0.4 is 26.5 Å². The number of nitrogens with two attached hydrogens (primary N) is 2. The number of rotatable bonds is 1. The van der Waals surface area contributed by atoms with E-state index < -0.39 is 0 Å². The predicted molar refractivity (Wildman–Crippen MR) is 60.7 cm³/mol. The maximum Gasteiger partial charge on any atom is 0.208 e. The summed E-state index contributed by atoms with van der Waals surface area (Å²) < 4.78 is 11.0.